The molecule has 0 fully saturated rings. The predicted octanol–water partition coefficient (Wildman–Crippen LogP) is 1.22. The lowest BCUT2D eigenvalue weighted by Gasteiger charge is -2.14. The van der Waals surface area contributed by atoms with Crippen LogP contribution >= 0.6 is 0 Å². The first-order chi connectivity index (χ1) is 11.6. The molecule has 2 aromatic rings. The van der Waals surface area contributed by atoms with E-state index in [1.165, 1.54) is 7.11 Å². The van der Waals surface area contributed by atoms with Gasteiger partial charge in [0.25, 0.3) is 5.91 Å². The number of hydrogen-bond acceptors (Lipinski definition) is 4. The smallest absolute Gasteiger partial charge is 0.255 e. The van der Waals surface area contributed by atoms with Crippen molar-refractivity contribution in [2.24, 2.45) is 0 Å². The van der Waals surface area contributed by atoms with Crippen molar-refractivity contribution in [3.8, 4) is 5.75 Å². The minimum atomic E-state index is -0.258. The summed E-state index contributed by atoms with van der Waals surface area (Å²) in [5, 5.41) is 5.62. The maximum absolute atomic E-state index is 12.1. The Kier molecular flexibility index (Phi) is 6.36. The van der Waals surface area contributed by atoms with Gasteiger partial charge in [-0.15, -0.1) is 0 Å². The molecular formula is C17H22N4O3. The molecule has 0 bridgehead atoms. The number of benzene rings is 1. The summed E-state index contributed by atoms with van der Waals surface area (Å²) in [5.41, 5.74) is 0.453. The third-order valence-corrected chi connectivity index (χ3v) is 3.44. The number of nitrogens with one attached hydrogen (secondary N) is 2. The first-order valence-electron chi connectivity index (χ1n) is 7.76. The van der Waals surface area contributed by atoms with Gasteiger partial charge in [0.15, 0.2) is 0 Å². The number of rotatable bonds is 8. The van der Waals surface area contributed by atoms with E-state index >= 15 is 0 Å². The number of carbonyl (C=O) groups is 2. The number of imidazole rings is 1. The third kappa shape index (κ3) is 5.12. The molecule has 1 aromatic heterocycles. The van der Waals surface area contributed by atoms with E-state index in [1.807, 2.05) is 17.7 Å². The highest BCUT2D eigenvalue weighted by Gasteiger charge is 2.12. The van der Waals surface area contributed by atoms with E-state index in [0.29, 0.717) is 17.9 Å². The molecule has 7 heteroatoms. The summed E-state index contributed by atoms with van der Waals surface area (Å²) in [6, 6.07) is 6.95. The second kappa shape index (κ2) is 8.71. The van der Waals surface area contributed by atoms with Gasteiger partial charge >= 0.3 is 0 Å². The van der Waals surface area contributed by atoms with Crippen LogP contribution < -0.4 is 15.4 Å². The second-order valence-corrected chi connectivity index (χ2v) is 5.43. The Balaban J connectivity index is 1.73. The SMILES string of the molecule is COc1ccccc1C(=O)NCCC(=O)NC(C)Cn1ccnc1. The lowest BCUT2D eigenvalue weighted by atomic mass is 10.2. The van der Waals surface area contributed by atoms with Crippen molar-refractivity contribution in [2.45, 2.75) is 25.9 Å². The van der Waals surface area contributed by atoms with E-state index < -0.39 is 0 Å². The molecule has 7 nitrogen and oxygen atoms in total. The van der Waals surface area contributed by atoms with Gasteiger partial charge in [-0.2, -0.15) is 0 Å². The zero-order valence-electron chi connectivity index (χ0n) is 13.9. The van der Waals surface area contributed by atoms with Crippen LogP contribution in [0.1, 0.15) is 23.7 Å². The fourth-order valence-corrected chi connectivity index (χ4v) is 2.32. The molecule has 0 aliphatic carbocycles. The molecule has 0 saturated carbocycles. The summed E-state index contributed by atoms with van der Waals surface area (Å²) in [5.74, 6) is 0.142. The van der Waals surface area contributed by atoms with Gasteiger partial charge in [-0.1, -0.05) is 12.1 Å². The normalized spacial score (nSPS) is 11.6. The van der Waals surface area contributed by atoms with Crippen LogP contribution in [0.15, 0.2) is 43.0 Å². The van der Waals surface area contributed by atoms with E-state index in [9.17, 15) is 9.59 Å². The summed E-state index contributed by atoms with van der Waals surface area (Å²) in [4.78, 5) is 28.0. The average Bonchev–Trinajstić information content (AvgIpc) is 3.07. The number of nitrogens with zero attached hydrogens (tertiary/aromatic N) is 2. The maximum atomic E-state index is 12.1. The van der Waals surface area contributed by atoms with Gasteiger partial charge in [0, 0.05) is 37.9 Å². The first kappa shape index (κ1) is 17.5. The second-order valence-electron chi connectivity index (χ2n) is 5.43. The number of ether oxygens (including phenoxy) is 1. The van der Waals surface area contributed by atoms with Crippen LogP contribution in [0.25, 0.3) is 0 Å². The van der Waals surface area contributed by atoms with Crippen LogP contribution in [0.5, 0.6) is 5.75 Å². The van der Waals surface area contributed by atoms with Crippen molar-refractivity contribution in [1.82, 2.24) is 20.2 Å². The summed E-state index contributed by atoms with van der Waals surface area (Å²) in [7, 11) is 1.52. The Morgan fingerprint density at radius 2 is 2.12 bits per heavy atom. The van der Waals surface area contributed by atoms with Gasteiger partial charge in [0.05, 0.1) is 19.0 Å². The van der Waals surface area contributed by atoms with Crippen molar-refractivity contribution >= 4 is 11.8 Å². The van der Waals surface area contributed by atoms with Crippen molar-refractivity contribution < 1.29 is 14.3 Å². The summed E-state index contributed by atoms with van der Waals surface area (Å²) in [6.45, 7) is 2.84. The van der Waals surface area contributed by atoms with Gasteiger partial charge in [-0.3, -0.25) is 9.59 Å². The van der Waals surface area contributed by atoms with Gasteiger partial charge in [-0.25, -0.2) is 4.98 Å². The van der Waals surface area contributed by atoms with Crippen molar-refractivity contribution in [3.05, 3.63) is 48.5 Å². The molecule has 24 heavy (non-hydrogen) atoms. The molecule has 1 heterocycles. The number of amides is 2. The molecule has 0 spiro atoms. The third-order valence-electron chi connectivity index (χ3n) is 3.44. The molecule has 0 aliphatic rings. The topological polar surface area (TPSA) is 85.2 Å². The van der Waals surface area contributed by atoms with E-state index in [2.05, 4.69) is 15.6 Å². The Morgan fingerprint density at radius 3 is 2.83 bits per heavy atom. The molecule has 0 saturated heterocycles. The lowest BCUT2D eigenvalue weighted by Crippen LogP contribution is -2.37. The summed E-state index contributed by atoms with van der Waals surface area (Å²) < 4.78 is 7.05. The standard InChI is InChI=1S/C17H22N4O3/c1-13(11-21-10-9-18-12-21)20-16(22)7-8-19-17(23)14-5-3-4-6-15(14)24-2/h3-6,9-10,12-13H,7-8,11H2,1-2H3,(H,19,23)(H,20,22). The molecular weight excluding hydrogens is 308 g/mol. The molecule has 1 unspecified atom stereocenters. The first-order valence-corrected chi connectivity index (χ1v) is 7.76. The maximum Gasteiger partial charge on any atom is 0.255 e. The van der Waals surface area contributed by atoms with Gasteiger partial charge in [0.1, 0.15) is 5.75 Å². The molecule has 128 valence electrons. The lowest BCUT2D eigenvalue weighted by molar-refractivity contribution is -0.121. The molecule has 2 N–H and O–H groups in total. The Labute approximate surface area is 141 Å². The van der Waals surface area contributed by atoms with Gasteiger partial charge in [-0.05, 0) is 19.1 Å². The summed E-state index contributed by atoms with van der Waals surface area (Å²) >= 11 is 0. The minimum absolute atomic E-state index is 0.0170. The van der Waals surface area contributed by atoms with Gasteiger partial charge in [0.2, 0.25) is 5.91 Å². The van der Waals surface area contributed by atoms with E-state index in [-0.39, 0.29) is 30.8 Å². The fraction of sp³-hybridized carbons (Fsp3) is 0.353. The Bertz CT molecular complexity index is 670. The number of para-hydroxylation sites is 1. The molecule has 1 aromatic carbocycles. The van der Waals surface area contributed by atoms with Crippen molar-refractivity contribution in [3.63, 3.8) is 0 Å². The van der Waals surface area contributed by atoms with E-state index in [0.717, 1.165) is 0 Å². The molecule has 2 amide bonds. The quantitative estimate of drug-likeness (QED) is 0.762. The van der Waals surface area contributed by atoms with Crippen LogP contribution in [0.2, 0.25) is 0 Å². The number of hydrogen-bond donors (Lipinski definition) is 2. The van der Waals surface area contributed by atoms with Crippen molar-refractivity contribution in [1.29, 1.82) is 0 Å². The minimum Gasteiger partial charge on any atom is -0.496 e. The van der Waals surface area contributed by atoms with Crippen molar-refractivity contribution in [2.75, 3.05) is 13.7 Å². The predicted molar refractivity (Wildman–Crippen MR) is 89.8 cm³/mol. The van der Waals surface area contributed by atoms with Crippen LogP contribution in [0.3, 0.4) is 0 Å². The van der Waals surface area contributed by atoms with Crippen LogP contribution in [0, 0.1) is 0 Å². The zero-order chi connectivity index (χ0) is 17.4. The van der Waals surface area contributed by atoms with E-state index in [1.54, 1.807) is 36.8 Å². The largest absolute Gasteiger partial charge is 0.496 e. The molecule has 2 rings (SSSR count). The van der Waals surface area contributed by atoms with Gasteiger partial charge < -0.3 is 19.9 Å². The molecule has 0 aliphatic heterocycles. The van der Waals surface area contributed by atoms with Crippen LogP contribution in [-0.4, -0.2) is 41.1 Å². The highest BCUT2D eigenvalue weighted by Crippen LogP contribution is 2.16. The molecule has 0 radical (unpaired) electrons. The Hall–Kier alpha value is -2.83. The number of aromatic nitrogens is 2. The Morgan fingerprint density at radius 1 is 1.33 bits per heavy atom. The number of carbonyl (C=O) groups excluding carboxylic acids is 2. The summed E-state index contributed by atoms with van der Waals surface area (Å²) in [6.07, 6.45) is 5.46. The van der Waals surface area contributed by atoms with Crippen LogP contribution in [0.4, 0.5) is 0 Å². The molecule has 1 atom stereocenters. The highest BCUT2D eigenvalue weighted by atomic mass is 16.5. The zero-order valence-corrected chi connectivity index (χ0v) is 13.9. The fourth-order valence-electron chi connectivity index (χ4n) is 2.32. The average molecular weight is 330 g/mol. The van der Waals surface area contributed by atoms with Crippen LogP contribution in [-0.2, 0) is 11.3 Å². The number of methoxy groups -OCH3 is 1. The highest BCUT2D eigenvalue weighted by molar-refractivity contribution is 5.97. The monoisotopic (exact) mass is 330 g/mol. The van der Waals surface area contributed by atoms with E-state index in [4.69, 9.17) is 4.74 Å².